The molecule has 2 aliphatic rings. The maximum atomic E-state index is 11.6. The fourth-order valence-corrected chi connectivity index (χ4v) is 2.22. The molecule has 1 saturated heterocycles. The van der Waals surface area contributed by atoms with Crippen molar-refractivity contribution in [3.05, 3.63) is 0 Å². The predicted octanol–water partition coefficient (Wildman–Crippen LogP) is 1.06. The lowest BCUT2D eigenvalue weighted by Crippen LogP contribution is -2.31. The van der Waals surface area contributed by atoms with Gasteiger partial charge in [0, 0.05) is 18.9 Å². The molecule has 0 unspecified atom stereocenters. The Labute approximate surface area is 90.3 Å². The third-order valence-electron chi connectivity index (χ3n) is 3.10. The van der Waals surface area contributed by atoms with E-state index in [0.717, 1.165) is 19.3 Å². The molecule has 0 bridgehead atoms. The molecule has 0 aromatic heterocycles. The molecule has 1 aliphatic carbocycles. The number of amides is 1. The summed E-state index contributed by atoms with van der Waals surface area (Å²) in [7, 11) is 0. The molecule has 0 radical (unpaired) electrons. The smallest absolute Gasteiger partial charge is 0.223 e. The molecule has 1 N–H and O–H groups in total. The first-order chi connectivity index (χ1) is 7.36. The van der Waals surface area contributed by atoms with Crippen molar-refractivity contribution >= 4 is 5.91 Å². The quantitative estimate of drug-likeness (QED) is 0.759. The van der Waals surface area contributed by atoms with Gasteiger partial charge in [0.15, 0.2) is 6.29 Å². The summed E-state index contributed by atoms with van der Waals surface area (Å²) in [4.78, 5) is 11.6. The summed E-state index contributed by atoms with van der Waals surface area (Å²) >= 11 is 0. The van der Waals surface area contributed by atoms with Crippen LogP contribution in [-0.2, 0) is 14.3 Å². The van der Waals surface area contributed by atoms with Crippen LogP contribution in [0.5, 0.6) is 0 Å². The Morgan fingerprint density at radius 2 is 1.87 bits per heavy atom. The minimum absolute atomic E-state index is 0.103. The molecule has 1 aliphatic heterocycles. The van der Waals surface area contributed by atoms with Crippen LogP contribution in [-0.4, -0.2) is 32.0 Å². The van der Waals surface area contributed by atoms with Gasteiger partial charge in [-0.1, -0.05) is 12.8 Å². The van der Waals surface area contributed by atoms with Crippen LogP contribution in [0, 0.1) is 5.92 Å². The van der Waals surface area contributed by atoms with Gasteiger partial charge >= 0.3 is 0 Å². The van der Waals surface area contributed by atoms with Crippen molar-refractivity contribution < 1.29 is 14.3 Å². The van der Waals surface area contributed by atoms with E-state index in [2.05, 4.69) is 5.32 Å². The third-order valence-corrected chi connectivity index (χ3v) is 3.10. The Bertz CT molecular complexity index is 208. The van der Waals surface area contributed by atoms with Crippen molar-refractivity contribution in [2.24, 2.45) is 5.92 Å². The van der Waals surface area contributed by atoms with Crippen LogP contribution in [0.15, 0.2) is 0 Å². The van der Waals surface area contributed by atoms with E-state index < -0.39 is 0 Å². The van der Waals surface area contributed by atoms with Crippen molar-refractivity contribution in [3.63, 3.8) is 0 Å². The van der Waals surface area contributed by atoms with Gasteiger partial charge in [-0.05, 0) is 12.8 Å². The second kappa shape index (κ2) is 5.47. The number of hydrogen-bond donors (Lipinski definition) is 1. The van der Waals surface area contributed by atoms with Gasteiger partial charge in [-0.25, -0.2) is 0 Å². The predicted molar refractivity (Wildman–Crippen MR) is 55.3 cm³/mol. The molecule has 86 valence electrons. The average molecular weight is 213 g/mol. The fraction of sp³-hybridized carbons (Fsp3) is 0.909. The van der Waals surface area contributed by atoms with Gasteiger partial charge < -0.3 is 14.8 Å². The van der Waals surface area contributed by atoms with Crippen molar-refractivity contribution in [1.29, 1.82) is 0 Å². The van der Waals surface area contributed by atoms with E-state index in [1.165, 1.54) is 12.8 Å². The topological polar surface area (TPSA) is 47.6 Å². The zero-order valence-corrected chi connectivity index (χ0v) is 9.04. The van der Waals surface area contributed by atoms with Crippen LogP contribution in [0.25, 0.3) is 0 Å². The molecule has 4 heteroatoms. The lowest BCUT2D eigenvalue weighted by Gasteiger charge is -2.12. The Hall–Kier alpha value is -0.610. The number of rotatable bonds is 4. The van der Waals surface area contributed by atoms with Gasteiger partial charge in [0.1, 0.15) is 0 Å². The highest BCUT2D eigenvalue weighted by Crippen LogP contribution is 2.24. The zero-order valence-electron chi connectivity index (χ0n) is 9.04. The molecule has 15 heavy (non-hydrogen) atoms. The first-order valence-corrected chi connectivity index (χ1v) is 5.87. The molecule has 1 heterocycles. The summed E-state index contributed by atoms with van der Waals surface area (Å²) in [6, 6.07) is 0. The van der Waals surface area contributed by atoms with E-state index in [4.69, 9.17) is 9.47 Å². The molecule has 0 aromatic rings. The van der Waals surface area contributed by atoms with Crippen molar-refractivity contribution in [2.45, 2.75) is 38.4 Å². The van der Waals surface area contributed by atoms with Gasteiger partial charge in [0.2, 0.25) is 5.91 Å². The summed E-state index contributed by atoms with van der Waals surface area (Å²) in [5, 5.41) is 2.95. The van der Waals surface area contributed by atoms with Crippen molar-refractivity contribution in [2.75, 3.05) is 19.8 Å². The van der Waals surface area contributed by atoms with E-state index in [0.29, 0.717) is 19.8 Å². The second-order valence-electron chi connectivity index (χ2n) is 4.23. The van der Waals surface area contributed by atoms with Crippen LogP contribution in [0.3, 0.4) is 0 Å². The largest absolute Gasteiger partial charge is 0.356 e. The van der Waals surface area contributed by atoms with Crippen LogP contribution < -0.4 is 5.32 Å². The van der Waals surface area contributed by atoms with E-state index >= 15 is 0 Å². The molecule has 4 nitrogen and oxygen atoms in total. The van der Waals surface area contributed by atoms with E-state index in [1.54, 1.807) is 0 Å². The van der Waals surface area contributed by atoms with Crippen LogP contribution in [0.4, 0.5) is 0 Å². The van der Waals surface area contributed by atoms with Gasteiger partial charge in [0.25, 0.3) is 0 Å². The maximum absolute atomic E-state index is 11.6. The Morgan fingerprint density at radius 1 is 1.20 bits per heavy atom. The fourth-order valence-electron chi connectivity index (χ4n) is 2.22. The molecule has 2 fully saturated rings. The standard InChI is InChI=1S/C11H19NO3/c13-11(9-3-1-2-4-9)12-6-5-10-14-7-8-15-10/h9-10H,1-8H2,(H,12,13). The normalized spacial score (nSPS) is 23.5. The Kier molecular flexibility index (Phi) is 3.97. The number of nitrogens with one attached hydrogen (secondary N) is 1. The highest BCUT2D eigenvalue weighted by Gasteiger charge is 2.22. The first kappa shape index (κ1) is 10.9. The zero-order chi connectivity index (χ0) is 10.5. The Balaban J connectivity index is 1.58. The highest BCUT2D eigenvalue weighted by atomic mass is 16.7. The lowest BCUT2D eigenvalue weighted by molar-refractivity contribution is -0.125. The number of ether oxygens (including phenoxy) is 2. The summed E-state index contributed by atoms with van der Waals surface area (Å²) in [6.45, 7) is 2.03. The summed E-state index contributed by atoms with van der Waals surface area (Å²) in [5.74, 6) is 0.473. The molecule has 1 amide bonds. The van der Waals surface area contributed by atoms with E-state index in [1.807, 2.05) is 0 Å². The number of hydrogen-bond acceptors (Lipinski definition) is 3. The monoisotopic (exact) mass is 213 g/mol. The van der Waals surface area contributed by atoms with Gasteiger partial charge in [0.05, 0.1) is 13.2 Å². The lowest BCUT2D eigenvalue weighted by atomic mass is 10.1. The molecular weight excluding hydrogens is 194 g/mol. The highest BCUT2D eigenvalue weighted by molar-refractivity contribution is 5.78. The third kappa shape index (κ3) is 3.18. The Morgan fingerprint density at radius 3 is 2.53 bits per heavy atom. The molecule has 0 atom stereocenters. The van der Waals surface area contributed by atoms with Gasteiger partial charge in [-0.3, -0.25) is 4.79 Å². The van der Waals surface area contributed by atoms with E-state index in [9.17, 15) is 4.79 Å². The summed E-state index contributed by atoms with van der Waals surface area (Å²) in [5.41, 5.74) is 0. The second-order valence-corrected chi connectivity index (χ2v) is 4.23. The van der Waals surface area contributed by atoms with Crippen LogP contribution >= 0.6 is 0 Å². The van der Waals surface area contributed by atoms with E-state index in [-0.39, 0.29) is 18.1 Å². The molecule has 0 spiro atoms. The summed E-state index contributed by atoms with van der Waals surface area (Å²) < 4.78 is 10.6. The number of carbonyl (C=O) groups excluding carboxylic acids is 1. The number of carbonyl (C=O) groups is 1. The average Bonchev–Trinajstić information content (AvgIpc) is 2.90. The van der Waals surface area contributed by atoms with Crippen molar-refractivity contribution in [3.8, 4) is 0 Å². The molecule has 1 saturated carbocycles. The SMILES string of the molecule is O=C(NCCC1OCCO1)C1CCCC1. The van der Waals surface area contributed by atoms with Gasteiger partial charge in [-0.15, -0.1) is 0 Å². The maximum Gasteiger partial charge on any atom is 0.223 e. The van der Waals surface area contributed by atoms with Crippen molar-refractivity contribution in [1.82, 2.24) is 5.32 Å². The first-order valence-electron chi connectivity index (χ1n) is 5.87. The minimum atomic E-state index is -0.103. The minimum Gasteiger partial charge on any atom is -0.356 e. The molecule has 0 aromatic carbocycles. The van der Waals surface area contributed by atoms with Gasteiger partial charge in [-0.2, -0.15) is 0 Å². The molecular formula is C11H19NO3. The molecule has 2 rings (SSSR count). The van der Waals surface area contributed by atoms with Crippen LogP contribution in [0.1, 0.15) is 32.1 Å². The van der Waals surface area contributed by atoms with Crippen LogP contribution in [0.2, 0.25) is 0 Å². The summed E-state index contributed by atoms with van der Waals surface area (Å²) in [6.07, 6.45) is 5.18.